The van der Waals surface area contributed by atoms with E-state index in [0.717, 1.165) is 17.5 Å². The summed E-state index contributed by atoms with van der Waals surface area (Å²) in [6.07, 6.45) is 0.844. The van der Waals surface area contributed by atoms with Gasteiger partial charge in [-0.3, -0.25) is 0 Å². The highest BCUT2D eigenvalue weighted by molar-refractivity contribution is 7.88. The zero-order valence-corrected chi connectivity index (χ0v) is 12.4. The number of hydrogen-bond donors (Lipinski definition) is 1. The average Bonchev–Trinajstić information content (AvgIpc) is 2.73. The van der Waals surface area contributed by atoms with Crippen molar-refractivity contribution < 1.29 is 8.42 Å². The monoisotopic (exact) mass is 282 g/mol. The summed E-state index contributed by atoms with van der Waals surface area (Å²) in [7, 11) is -3.23. The minimum Gasteiger partial charge on any atom is -0.330 e. The molecule has 2 rings (SSSR count). The number of nitrogens with zero attached hydrogens (tertiary/aromatic N) is 1. The van der Waals surface area contributed by atoms with Gasteiger partial charge in [-0.15, -0.1) is 0 Å². The van der Waals surface area contributed by atoms with Crippen molar-refractivity contribution in [2.24, 2.45) is 11.1 Å². The van der Waals surface area contributed by atoms with Gasteiger partial charge in [0.25, 0.3) is 0 Å². The van der Waals surface area contributed by atoms with E-state index in [1.54, 1.807) is 4.31 Å². The second-order valence-corrected chi connectivity index (χ2v) is 7.81. The Morgan fingerprint density at radius 1 is 1.42 bits per heavy atom. The number of aryl methyl sites for hydroxylation is 1. The lowest BCUT2D eigenvalue weighted by molar-refractivity contribution is 0.349. The van der Waals surface area contributed by atoms with Crippen LogP contribution in [0.4, 0.5) is 0 Å². The first-order valence-electron chi connectivity index (χ1n) is 6.58. The molecule has 1 saturated heterocycles. The molecule has 5 heteroatoms. The Bertz CT molecular complexity index is 556. The van der Waals surface area contributed by atoms with Crippen LogP contribution in [0, 0.1) is 12.3 Å². The third kappa shape index (κ3) is 3.35. The number of nitrogens with two attached hydrogens (primary N) is 1. The van der Waals surface area contributed by atoms with Gasteiger partial charge in [0.05, 0.1) is 5.75 Å². The molecule has 0 aromatic heterocycles. The maximum atomic E-state index is 12.4. The summed E-state index contributed by atoms with van der Waals surface area (Å²) in [5, 5.41) is 0. The fraction of sp³-hybridized carbons (Fsp3) is 0.571. The summed E-state index contributed by atoms with van der Waals surface area (Å²) in [5.41, 5.74) is 7.59. The molecule has 0 amide bonds. The molecule has 1 atom stereocenters. The van der Waals surface area contributed by atoms with Crippen LogP contribution in [0.1, 0.15) is 24.5 Å². The van der Waals surface area contributed by atoms with Crippen molar-refractivity contribution in [1.82, 2.24) is 4.31 Å². The van der Waals surface area contributed by atoms with Crippen LogP contribution in [0.15, 0.2) is 24.3 Å². The third-order valence-electron chi connectivity index (χ3n) is 3.84. The van der Waals surface area contributed by atoms with Crippen LogP contribution < -0.4 is 5.73 Å². The van der Waals surface area contributed by atoms with Crippen LogP contribution in [0.2, 0.25) is 0 Å². The molecule has 0 spiro atoms. The van der Waals surface area contributed by atoms with Crippen molar-refractivity contribution in [1.29, 1.82) is 0 Å². The van der Waals surface area contributed by atoms with Crippen LogP contribution in [-0.2, 0) is 15.8 Å². The Balaban J connectivity index is 2.12. The molecule has 0 radical (unpaired) electrons. The van der Waals surface area contributed by atoms with E-state index in [0.29, 0.717) is 19.6 Å². The standard InChI is InChI=1S/C14H22N2O2S/c1-12-4-3-5-13(8-12)9-19(17,18)16-7-6-14(2,10-15)11-16/h3-5,8H,6-7,9-11,15H2,1-2H3. The molecule has 0 saturated carbocycles. The Kier molecular flexibility index (Phi) is 3.99. The summed E-state index contributed by atoms with van der Waals surface area (Å²) in [6, 6.07) is 7.66. The van der Waals surface area contributed by atoms with Crippen LogP contribution >= 0.6 is 0 Å². The van der Waals surface area contributed by atoms with Crippen molar-refractivity contribution >= 4 is 10.0 Å². The molecule has 1 aromatic rings. The average molecular weight is 282 g/mol. The maximum absolute atomic E-state index is 12.4. The predicted octanol–water partition coefficient (Wildman–Crippen LogP) is 1.50. The molecule has 19 heavy (non-hydrogen) atoms. The topological polar surface area (TPSA) is 63.4 Å². The van der Waals surface area contributed by atoms with Crippen LogP contribution in [-0.4, -0.2) is 32.4 Å². The number of benzene rings is 1. The number of hydrogen-bond acceptors (Lipinski definition) is 3. The Morgan fingerprint density at radius 3 is 2.74 bits per heavy atom. The first-order valence-corrected chi connectivity index (χ1v) is 8.19. The predicted molar refractivity (Wildman–Crippen MR) is 77.2 cm³/mol. The van der Waals surface area contributed by atoms with Crippen molar-refractivity contribution in [2.45, 2.75) is 26.0 Å². The number of rotatable bonds is 4. The lowest BCUT2D eigenvalue weighted by atomic mass is 9.90. The zero-order valence-electron chi connectivity index (χ0n) is 11.6. The molecule has 0 aliphatic carbocycles. The van der Waals surface area contributed by atoms with Crippen molar-refractivity contribution in [2.75, 3.05) is 19.6 Å². The van der Waals surface area contributed by atoms with Gasteiger partial charge in [0.1, 0.15) is 0 Å². The SMILES string of the molecule is Cc1cccc(CS(=O)(=O)N2CCC(C)(CN)C2)c1. The maximum Gasteiger partial charge on any atom is 0.218 e. The quantitative estimate of drug-likeness (QED) is 0.910. The lowest BCUT2D eigenvalue weighted by Gasteiger charge is -2.22. The summed E-state index contributed by atoms with van der Waals surface area (Å²) >= 11 is 0. The largest absolute Gasteiger partial charge is 0.330 e. The molecule has 1 heterocycles. The molecule has 0 bridgehead atoms. The van der Waals surface area contributed by atoms with Gasteiger partial charge in [-0.25, -0.2) is 12.7 Å². The lowest BCUT2D eigenvalue weighted by Crippen LogP contribution is -2.35. The summed E-state index contributed by atoms with van der Waals surface area (Å²) in [4.78, 5) is 0. The van der Waals surface area contributed by atoms with E-state index in [-0.39, 0.29) is 11.2 Å². The van der Waals surface area contributed by atoms with E-state index in [2.05, 4.69) is 6.92 Å². The molecule has 4 nitrogen and oxygen atoms in total. The van der Waals surface area contributed by atoms with Gasteiger partial charge >= 0.3 is 0 Å². The summed E-state index contributed by atoms with van der Waals surface area (Å²) < 4.78 is 26.4. The highest BCUT2D eigenvalue weighted by Crippen LogP contribution is 2.31. The van der Waals surface area contributed by atoms with Gasteiger partial charge in [0, 0.05) is 13.1 Å². The Labute approximate surface area is 115 Å². The molecule has 1 unspecified atom stereocenters. The first kappa shape index (κ1) is 14.5. The second kappa shape index (κ2) is 5.23. The highest BCUT2D eigenvalue weighted by Gasteiger charge is 2.38. The van der Waals surface area contributed by atoms with Gasteiger partial charge in [-0.05, 0) is 30.9 Å². The zero-order chi connectivity index (χ0) is 14.1. The van der Waals surface area contributed by atoms with Crippen molar-refractivity contribution in [3.63, 3.8) is 0 Å². The normalized spacial score (nSPS) is 24.8. The summed E-state index contributed by atoms with van der Waals surface area (Å²) in [5.74, 6) is 0.0787. The molecule has 2 N–H and O–H groups in total. The van der Waals surface area contributed by atoms with Gasteiger partial charge in [0.2, 0.25) is 10.0 Å². The van der Waals surface area contributed by atoms with Gasteiger partial charge < -0.3 is 5.73 Å². The van der Waals surface area contributed by atoms with E-state index in [1.807, 2.05) is 31.2 Å². The highest BCUT2D eigenvalue weighted by atomic mass is 32.2. The molecular formula is C14H22N2O2S. The van der Waals surface area contributed by atoms with E-state index in [4.69, 9.17) is 5.73 Å². The number of sulfonamides is 1. The second-order valence-electron chi connectivity index (χ2n) is 5.84. The third-order valence-corrected chi connectivity index (χ3v) is 5.64. The van der Waals surface area contributed by atoms with Gasteiger partial charge in [0.15, 0.2) is 0 Å². The van der Waals surface area contributed by atoms with E-state index < -0.39 is 10.0 Å². The smallest absolute Gasteiger partial charge is 0.218 e. The van der Waals surface area contributed by atoms with Crippen LogP contribution in [0.3, 0.4) is 0 Å². The first-order chi connectivity index (χ1) is 8.85. The minimum atomic E-state index is -3.23. The van der Waals surface area contributed by atoms with E-state index in [9.17, 15) is 8.42 Å². The molecule has 1 aliphatic heterocycles. The molecule has 1 aliphatic rings. The van der Waals surface area contributed by atoms with Crippen LogP contribution in [0.5, 0.6) is 0 Å². The van der Waals surface area contributed by atoms with Gasteiger partial charge in [-0.1, -0.05) is 36.8 Å². The molecular weight excluding hydrogens is 260 g/mol. The van der Waals surface area contributed by atoms with Crippen molar-refractivity contribution in [3.8, 4) is 0 Å². The fourth-order valence-electron chi connectivity index (χ4n) is 2.49. The molecule has 1 fully saturated rings. The fourth-order valence-corrected chi connectivity index (χ4v) is 4.15. The summed E-state index contributed by atoms with van der Waals surface area (Å²) in [6.45, 7) is 5.68. The Hall–Kier alpha value is -0.910. The van der Waals surface area contributed by atoms with E-state index in [1.165, 1.54) is 0 Å². The Morgan fingerprint density at radius 2 is 2.16 bits per heavy atom. The minimum absolute atomic E-state index is 0.0698. The van der Waals surface area contributed by atoms with E-state index >= 15 is 0 Å². The van der Waals surface area contributed by atoms with Crippen molar-refractivity contribution in [3.05, 3.63) is 35.4 Å². The molecule has 106 valence electrons. The van der Waals surface area contributed by atoms with Gasteiger partial charge in [-0.2, -0.15) is 0 Å². The molecule has 1 aromatic carbocycles. The van der Waals surface area contributed by atoms with Crippen LogP contribution in [0.25, 0.3) is 0 Å².